The minimum Gasteiger partial charge on any atom is -0.496 e. The third-order valence-corrected chi connectivity index (χ3v) is 5.53. The highest BCUT2D eigenvalue weighted by atomic mass is 32.1. The van der Waals surface area contributed by atoms with Crippen LogP contribution in [0.15, 0.2) is 60.0 Å². The number of carbonyl (C=O) groups excluding carboxylic acids is 2. The highest BCUT2D eigenvalue weighted by molar-refractivity contribution is 7.03. The van der Waals surface area contributed by atoms with Crippen LogP contribution in [-0.4, -0.2) is 39.5 Å². The molecule has 30 heavy (non-hydrogen) atoms. The van der Waals surface area contributed by atoms with Crippen LogP contribution in [-0.2, 0) is 11.3 Å². The van der Waals surface area contributed by atoms with Crippen molar-refractivity contribution in [1.82, 2.24) is 19.8 Å². The summed E-state index contributed by atoms with van der Waals surface area (Å²) in [5.74, 6) is 0.0102. The number of methoxy groups -OCH3 is 1. The van der Waals surface area contributed by atoms with Crippen molar-refractivity contribution in [2.45, 2.75) is 31.5 Å². The smallest absolute Gasteiger partial charge is 0.276 e. The molecule has 0 saturated heterocycles. The number of para-hydroxylation sites is 1. The molecule has 1 saturated carbocycles. The summed E-state index contributed by atoms with van der Waals surface area (Å²) in [5, 5.41) is 8.53. The average Bonchev–Trinajstić information content (AvgIpc) is 3.47. The number of benzene rings is 2. The zero-order valence-electron chi connectivity index (χ0n) is 16.5. The van der Waals surface area contributed by atoms with Crippen LogP contribution < -0.4 is 10.1 Å². The maximum atomic E-state index is 13.4. The molecule has 2 aromatic carbocycles. The second kappa shape index (κ2) is 9.04. The van der Waals surface area contributed by atoms with Gasteiger partial charge in [-0.3, -0.25) is 9.59 Å². The minimum atomic E-state index is -0.827. The Hall–Kier alpha value is -3.26. The first-order valence-corrected chi connectivity index (χ1v) is 10.6. The van der Waals surface area contributed by atoms with Gasteiger partial charge in [-0.15, -0.1) is 5.10 Å². The molecule has 0 aliphatic heterocycles. The van der Waals surface area contributed by atoms with E-state index in [2.05, 4.69) is 14.9 Å². The van der Waals surface area contributed by atoms with Crippen molar-refractivity contribution in [1.29, 1.82) is 0 Å². The third-order valence-electron chi connectivity index (χ3n) is 5.02. The van der Waals surface area contributed by atoms with Crippen molar-refractivity contribution < 1.29 is 14.3 Å². The Bertz CT molecular complexity index is 1010. The van der Waals surface area contributed by atoms with Gasteiger partial charge >= 0.3 is 0 Å². The lowest BCUT2D eigenvalue weighted by Crippen LogP contribution is -2.45. The number of hydrogen-bond donors (Lipinski definition) is 1. The Morgan fingerprint density at radius 3 is 2.57 bits per heavy atom. The predicted octanol–water partition coefficient (Wildman–Crippen LogP) is 3.21. The number of ether oxygens (including phenoxy) is 1. The maximum Gasteiger partial charge on any atom is 0.276 e. The summed E-state index contributed by atoms with van der Waals surface area (Å²) in [5.41, 5.74) is 1.88. The van der Waals surface area contributed by atoms with Crippen LogP contribution in [0.3, 0.4) is 0 Å². The van der Waals surface area contributed by atoms with Crippen molar-refractivity contribution in [3.63, 3.8) is 0 Å². The molecule has 2 amide bonds. The maximum absolute atomic E-state index is 13.4. The molecule has 0 bridgehead atoms. The largest absolute Gasteiger partial charge is 0.496 e. The third kappa shape index (κ3) is 4.33. The lowest BCUT2D eigenvalue weighted by molar-refractivity contribution is -0.126. The van der Waals surface area contributed by atoms with Crippen molar-refractivity contribution in [2.75, 3.05) is 7.11 Å². The standard InChI is InChI=1S/C22H22N4O3S/c1-29-19-10-6-5-9-17(19)20(21(27)23-13-15-7-3-2-4-8-15)26(16-11-12-16)22(28)18-14-30-25-24-18/h2-10,14,16,20H,11-13H2,1H3,(H,23,27)/t20-/m1/s1. The first kappa shape index (κ1) is 20.0. The van der Waals surface area contributed by atoms with Crippen LogP contribution in [0.2, 0.25) is 0 Å². The summed E-state index contributed by atoms with van der Waals surface area (Å²) in [6.07, 6.45) is 1.70. The first-order chi connectivity index (χ1) is 14.7. The molecule has 0 spiro atoms. The second-order valence-corrected chi connectivity index (χ2v) is 7.69. The van der Waals surface area contributed by atoms with E-state index >= 15 is 0 Å². The van der Waals surface area contributed by atoms with Gasteiger partial charge in [0.25, 0.3) is 5.91 Å². The van der Waals surface area contributed by atoms with Gasteiger partial charge < -0.3 is 15.0 Å². The Balaban J connectivity index is 1.69. The molecular weight excluding hydrogens is 400 g/mol. The van der Waals surface area contributed by atoms with E-state index in [1.54, 1.807) is 23.5 Å². The molecule has 1 fully saturated rings. The van der Waals surface area contributed by atoms with Gasteiger partial charge in [0.1, 0.15) is 11.8 Å². The predicted molar refractivity (Wildman–Crippen MR) is 113 cm³/mol. The normalized spacial score (nSPS) is 14.0. The molecule has 1 aromatic heterocycles. The number of aromatic nitrogens is 2. The van der Waals surface area contributed by atoms with E-state index in [0.717, 1.165) is 29.9 Å². The molecule has 1 atom stereocenters. The van der Waals surface area contributed by atoms with Gasteiger partial charge in [-0.25, -0.2) is 0 Å². The fraction of sp³-hybridized carbons (Fsp3) is 0.273. The molecule has 8 heteroatoms. The molecule has 154 valence electrons. The van der Waals surface area contributed by atoms with Crippen LogP contribution in [0.4, 0.5) is 0 Å². The molecule has 1 aliphatic rings. The zero-order chi connectivity index (χ0) is 20.9. The van der Waals surface area contributed by atoms with Crippen LogP contribution in [0.5, 0.6) is 5.75 Å². The first-order valence-electron chi connectivity index (χ1n) is 9.73. The molecular formula is C22H22N4O3S. The van der Waals surface area contributed by atoms with E-state index in [9.17, 15) is 9.59 Å². The van der Waals surface area contributed by atoms with E-state index in [4.69, 9.17) is 4.74 Å². The van der Waals surface area contributed by atoms with Gasteiger partial charge in [0.05, 0.1) is 7.11 Å². The van der Waals surface area contributed by atoms with Gasteiger partial charge in [0.2, 0.25) is 5.91 Å². The summed E-state index contributed by atoms with van der Waals surface area (Å²) in [4.78, 5) is 28.4. The van der Waals surface area contributed by atoms with Crippen LogP contribution >= 0.6 is 11.5 Å². The lowest BCUT2D eigenvalue weighted by Gasteiger charge is -2.31. The van der Waals surface area contributed by atoms with Crippen molar-refractivity contribution in [3.8, 4) is 5.75 Å². The van der Waals surface area contributed by atoms with Crippen molar-refractivity contribution in [2.24, 2.45) is 0 Å². The SMILES string of the molecule is COc1ccccc1[C@H](C(=O)NCc1ccccc1)N(C(=O)c1csnn1)C1CC1. The monoisotopic (exact) mass is 422 g/mol. The number of nitrogens with one attached hydrogen (secondary N) is 1. The van der Waals surface area contributed by atoms with E-state index in [1.165, 1.54) is 0 Å². The van der Waals surface area contributed by atoms with Gasteiger partial charge in [-0.05, 0) is 36.0 Å². The van der Waals surface area contributed by atoms with E-state index in [-0.39, 0.29) is 23.6 Å². The van der Waals surface area contributed by atoms with Gasteiger partial charge in [0.15, 0.2) is 5.69 Å². The second-order valence-electron chi connectivity index (χ2n) is 7.08. The number of carbonyl (C=O) groups is 2. The summed E-state index contributed by atoms with van der Waals surface area (Å²) >= 11 is 1.11. The molecule has 4 rings (SSSR count). The van der Waals surface area contributed by atoms with Crippen LogP contribution in [0.1, 0.15) is 40.5 Å². The van der Waals surface area contributed by atoms with Crippen LogP contribution in [0.25, 0.3) is 0 Å². The topological polar surface area (TPSA) is 84.4 Å². The lowest BCUT2D eigenvalue weighted by atomic mass is 10.0. The van der Waals surface area contributed by atoms with Crippen molar-refractivity contribution in [3.05, 3.63) is 76.8 Å². The molecule has 1 N–H and O–H groups in total. The fourth-order valence-corrected chi connectivity index (χ4v) is 3.86. The van der Waals surface area contributed by atoms with E-state index in [0.29, 0.717) is 17.9 Å². The Labute approximate surface area is 178 Å². The quantitative estimate of drug-likeness (QED) is 0.603. The summed E-state index contributed by atoms with van der Waals surface area (Å²) in [7, 11) is 1.56. The van der Waals surface area contributed by atoms with Gasteiger partial charge in [-0.1, -0.05) is 53.0 Å². The molecule has 1 heterocycles. The molecule has 0 radical (unpaired) electrons. The zero-order valence-corrected chi connectivity index (χ0v) is 17.3. The minimum absolute atomic E-state index is 0.0170. The number of amides is 2. The molecule has 3 aromatic rings. The molecule has 7 nitrogen and oxygen atoms in total. The highest BCUT2D eigenvalue weighted by Gasteiger charge is 2.43. The fourth-order valence-electron chi connectivity index (χ4n) is 3.43. The highest BCUT2D eigenvalue weighted by Crippen LogP contribution is 2.38. The molecule has 1 aliphatic carbocycles. The summed E-state index contributed by atoms with van der Waals surface area (Å²) < 4.78 is 9.33. The summed E-state index contributed by atoms with van der Waals surface area (Å²) in [6.45, 7) is 0.371. The van der Waals surface area contributed by atoms with Crippen molar-refractivity contribution >= 4 is 23.3 Å². The summed E-state index contributed by atoms with van der Waals surface area (Å²) in [6, 6.07) is 16.1. The van der Waals surface area contributed by atoms with E-state index < -0.39 is 6.04 Å². The van der Waals surface area contributed by atoms with Gasteiger partial charge in [-0.2, -0.15) is 0 Å². The number of nitrogens with zero attached hydrogens (tertiary/aromatic N) is 3. The van der Waals surface area contributed by atoms with E-state index in [1.807, 2.05) is 48.5 Å². The Kier molecular flexibility index (Phi) is 6.04. The molecule has 0 unspecified atom stereocenters. The van der Waals surface area contributed by atoms with Gasteiger partial charge in [0, 0.05) is 23.5 Å². The average molecular weight is 423 g/mol. The van der Waals surface area contributed by atoms with Crippen LogP contribution in [0, 0.1) is 0 Å². The number of hydrogen-bond acceptors (Lipinski definition) is 6. The number of rotatable bonds is 8. The Morgan fingerprint density at radius 1 is 1.17 bits per heavy atom. The Morgan fingerprint density at radius 2 is 1.90 bits per heavy atom.